The molecule has 2 aromatic heterocycles. The second-order valence-corrected chi connectivity index (χ2v) is 5.73. The van der Waals surface area contributed by atoms with Crippen LogP contribution in [0.5, 0.6) is 0 Å². The van der Waals surface area contributed by atoms with Crippen molar-refractivity contribution < 1.29 is 4.79 Å². The highest BCUT2D eigenvalue weighted by molar-refractivity contribution is 6.04. The molecular formula is C17H17N5O2. The maximum Gasteiger partial charge on any atom is 0.255 e. The molecule has 3 aromatic rings. The largest absolute Gasteiger partial charge is 0.326 e. The summed E-state index contributed by atoms with van der Waals surface area (Å²) in [7, 11) is 0. The van der Waals surface area contributed by atoms with Gasteiger partial charge < -0.3 is 10.3 Å². The summed E-state index contributed by atoms with van der Waals surface area (Å²) in [5, 5.41) is 13.1. The Morgan fingerprint density at radius 2 is 2.04 bits per heavy atom. The van der Waals surface area contributed by atoms with Gasteiger partial charge >= 0.3 is 0 Å². The van der Waals surface area contributed by atoms with E-state index < -0.39 is 0 Å². The van der Waals surface area contributed by atoms with Crippen LogP contribution in [0.1, 0.15) is 35.8 Å². The molecule has 24 heavy (non-hydrogen) atoms. The number of carbonyl (C=O) groups is 1. The first-order valence-electron chi connectivity index (χ1n) is 7.55. The van der Waals surface area contributed by atoms with Crippen molar-refractivity contribution in [3.8, 4) is 11.3 Å². The van der Waals surface area contributed by atoms with Crippen molar-refractivity contribution in [3.05, 3.63) is 64.2 Å². The molecule has 0 aliphatic carbocycles. The first-order chi connectivity index (χ1) is 11.5. The molecule has 0 unspecified atom stereocenters. The average molecular weight is 323 g/mol. The Hall–Kier alpha value is -3.22. The standard InChI is InChI=1S/C17H17N5O2/c1-10(2)14-7-12(8-16(23)20-14)17(24)19-13-5-3-4-11(6-13)15-9-18-22-21-15/h3-10H,1-2H3,(H,19,24)(H,20,23)(H,18,21,22). The average Bonchev–Trinajstić information content (AvgIpc) is 3.09. The number of amides is 1. The molecule has 0 fully saturated rings. The lowest BCUT2D eigenvalue weighted by Gasteiger charge is -2.09. The van der Waals surface area contributed by atoms with Crippen LogP contribution in [0, 0.1) is 0 Å². The summed E-state index contributed by atoms with van der Waals surface area (Å²) in [5.41, 5.74) is 2.90. The van der Waals surface area contributed by atoms with E-state index in [4.69, 9.17) is 0 Å². The predicted octanol–water partition coefficient (Wildman–Crippen LogP) is 2.54. The van der Waals surface area contributed by atoms with Gasteiger partial charge in [0, 0.05) is 28.6 Å². The molecule has 3 rings (SSSR count). The van der Waals surface area contributed by atoms with Gasteiger partial charge in [-0.15, -0.1) is 0 Å². The van der Waals surface area contributed by atoms with Gasteiger partial charge in [0.1, 0.15) is 5.69 Å². The van der Waals surface area contributed by atoms with Gasteiger partial charge in [0.15, 0.2) is 0 Å². The van der Waals surface area contributed by atoms with E-state index in [1.165, 1.54) is 6.07 Å². The fourth-order valence-electron chi connectivity index (χ4n) is 2.31. The molecule has 0 aliphatic rings. The van der Waals surface area contributed by atoms with E-state index in [-0.39, 0.29) is 17.4 Å². The molecule has 2 heterocycles. The summed E-state index contributed by atoms with van der Waals surface area (Å²) in [4.78, 5) is 26.9. The smallest absolute Gasteiger partial charge is 0.255 e. The Balaban J connectivity index is 1.85. The van der Waals surface area contributed by atoms with Crippen molar-refractivity contribution >= 4 is 11.6 Å². The maximum absolute atomic E-state index is 12.4. The number of rotatable bonds is 4. The molecule has 0 radical (unpaired) electrons. The van der Waals surface area contributed by atoms with E-state index in [1.807, 2.05) is 26.0 Å². The second kappa shape index (κ2) is 6.49. The minimum absolute atomic E-state index is 0.126. The zero-order valence-electron chi connectivity index (χ0n) is 13.3. The number of nitrogens with one attached hydrogen (secondary N) is 3. The molecule has 0 saturated heterocycles. The number of H-pyrrole nitrogens is 2. The van der Waals surface area contributed by atoms with E-state index in [9.17, 15) is 9.59 Å². The zero-order valence-corrected chi connectivity index (χ0v) is 13.3. The molecule has 3 N–H and O–H groups in total. The number of benzene rings is 1. The van der Waals surface area contributed by atoms with Gasteiger partial charge in [-0.25, -0.2) is 0 Å². The normalized spacial score (nSPS) is 10.8. The third kappa shape index (κ3) is 3.40. The highest BCUT2D eigenvalue weighted by atomic mass is 16.2. The van der Waals surface area contributed by atoms with Crippen molar-refractivity contribution in [2.24, 2.45) is 0 Å². The highest BCUT2D eigenvalue weighted by Gasteiger charge is 2.11. The van der Waals surface area contributed by atoms with E-state index in [2.05, 4.69) is 25.7 Å². The first-order valence-corrected chi connectivity index (χ1v) is 7.55. The van der Waals surface area contributed by atoms with Gasteiger partial charge in [0.05, 0.1) is 6.20 Å². The molecule has 1 amide bonds. The first kappa shape index (κ1) is 15.7. The van der Waals surface area contributed by atoms with Gasteiger partial charge in [-0.2, -0.15) is 15.4 Å². The molecular weight excluding hydrogens is 306 g/mol. The summed E-state index contributed by atoms with van der Waals surface area (Å²) in [5.74, 6) is -0.207. The Morgan fingerprint density at radius 1 is 1.21 bits per heavy atom. The van der Waals surface area contributed by atoms with E-state index >= 15 is 0 Å². The SMILES string of the molecule is CC(C)c1cc(C(=O)Nc2cccc(-c3cn[nH]n3)c2)cc(=O)[nH]1. The van der Waals surface area contributed by atoms with Gasteiger partial charge in [0.2, 0.25) is 5.56 Å². The lowest BCUT2D eigenvalue weighted by atomic mass is 10.1. The van der Waals surface area contributed by atoms with Crippen LogP contribution in [0.4, 0.5) is 5.69 Å². The van der Waals surface area contributed by atoms with Crippen LogP contribution in [0.25, 0.3) is 11.3 Å². The molecule has 7 heteroatoms. The van der Waals surface area contributed by atoms with Crippen molar-refractivity contribution in [3.63, 3.8) is 0 Å². The van der Waals surface area contributed by atoms with Crippen molar-refractivity contribution in [2.75, 3.05) is 5.32 Å². The van der Waals surface area contributed by atoms with Crippen LogP contribution in [0.3, 0.4) is 0 Å². The number of hydrogen-bond donors (Lipinski definition) is 3. The van der Waals surface area contributed by atoms with E-state index in [0.29, 0.717) is 16.9 Å². The molecule has 0 aliphatic heterocycles. The van der Waals surface area contributed by atoms with Crippen molar-refractivity contribution in [1.29, 1.82) is 0 Å². The lowest BCUT2D eigenvalue weighted by molar-refractivity contribution is 0.102. The van der Waals surface area contributed by atoms with Gasteiger partial charge in [0.25, 0.3) is 5.91 Å². The number of carbonyl (C=O) groups excluding carboxylic acids is 1. The molecule has 0 atom stereocenters. The number of aromatic amines is 2. The third-order valence-corrected chi connectivity index (χ3v) is 3.58. The molecule has 0 bridgehead atoms. The number of aromatic nitrogens is 4. The van der Waals surface area contributed by atoms with Crippen LogP contribution in [0.2, 0.25) is 0 Å². The molecule has 122 valence electrons. The number of pyridine rings is 1. The molecule has 0 saturated carbocycles. The molecule has 0 spiro atoms. The fraction of sp³-hybridized carbons (Fsp3) is 0.176. The highest BCUT2D eigenvalue weighted by Crippen LogP contribution is 2.20. The van der Waals surface area contributed by atoms with E-state index in [1.54, 1.807) is 24.4 Å². The molecule has 7 nitrogen and oxygen atoms in total. The fourth-order valence-corrected chi connectivity index (χ4v) is 2.31. The minimum Gasteiger partial charge on any atom is -0.326 e. The van der Waals surface area contributed by atoms with Gasteiger partial charge in [-0.05, 0) is 24.1 Å². The Kier molecular flexibility index (Phi) is 4.24. The van der Waals surface area contributed by atoms with Crippen LogP contribution >= 0.6 is 0 Å². The third-order valence-electron chi connectivity index (χ3n) is 3.58. The minimum atomic E-state index is -0.333. The summed E-state index contributed by atoms with van der Waals surface area (Å²) in [6, 6.07) is 10.3. The molecule has 1 aromatic carbocycles. The summed E-state index contributed by atoms with van der Waals surface area (Å²) < 4.78 is 0. The van der Waals surface area contributed by atoms with Crippen molar-refractivity contribution in [1.82, 2.24) is 20.4 Å². The Morgan fingerprint density at radius 3 is 2.75 bits per heavy atom. The van der Waals surface area contributed by atoms with E-state index in [0.717, 1.165) is 11.3 Å². The lowest BCUT2D eigenvalue weighted by Crippen LogP contribution is -2.18. The van der Waals surface area contributed by atoms with Crippen LogP contribution in [0.15, 0.2) is 47.4 Å². The number of hydrogen-bond acceptors (Lipinski definition) is 4. The number of nitrogens with zero attached hydrogens (tertiary/aromatic N) is 2. The Bertz CT molecular complexity index is 913. The van der Waals surface area contributed by atoms with Crippen LogP contribution < -0.4 is 10.9 Å². The number of anilines is 1. The van der Waals surface area contributed by atoms with Crippen molar-refractivity contribution in [2.45, 2.75) is 19.8 Å². The second-order valence-electron chi connectivity index (χ2n) is 5.73. The summed E-state index contributed by atoms with van der Waals surface area (Å²) in [6.07, 6.45) is 1.60. The summed E-state index contributed by atoms with van der Waals surface area (Å²) in [6.45, 7) is 3.91. The van der Waals surface area contributed by atoms with Crippen LogP contribution in [-0.4, -0.2) is 26.3 Å². The van der Waals surface area contributed by atoms with Crippen LogP contribution in [-0.2, 0) is 0 Å². The quantitative estimate of drug-likeness (QED) is 0.686. The van der Waals surface area contributed by atoms with Gasteiger partial charge in [-0.1, -0.05) is 26.0 Å². The monoisotopic (exact) mass is 323 g/mol. The summed E-state index contributed by atoms with van der Waals surface area (Å²) >= 11 is 0. The van der Waals surface area contributed by atoms with Gasteiger partial charge in [-0.3, -0.25) is 9.59 Å². The predicted molar refractivity (Wildman–Crippen MR) is 90.9 cm³/mol. The zero-order chi connectivity index (χ0) is 17.1. The maximum atomic E-state index is 12.4. The Labute approximate surface area is 138 Å². The topological polar surface area (TPSA) is 104 Å².